The summed E-state index contributed by atoms with van der Waals surface area (Å²) in [4.78, 5) is 18.1. The van der Waals surface area contributed by atoms with Gasteiger partial charge in [-0.25, -0.2) is 9.78 Å². The minimum absolute atomic E-state index is 0.343. The van der Waals surface area contributed by atoms with Crippen LogP contribution in [0.15, 0.2) is 0 Å². The molecule has 0 saturated carbocycles. The topological polar surface area (TPSA) is 51.7 Å². The quantitative estimate of drug-likeness (QED) is 0.798. The van der Waals surface area contributed by atoms with Gasteiger partial charge >= 0.3 is 6.09 Å². The monoisotopic (exact) mass is 298 g/mol. The number of carbonyl (C=O) groups excluding carboxylic acids is 1. The molecule has 110 valence electrons. The molecule has 0 aliphatic carbocycles. The summed E-state index contributed by atoms with van der Waals surface area (Å²) in [6.45, 7) is 8.32. The van der Waals surface area contributed by atoms with Crippen molar-refractivity contribution < 1.29 is 14.3 Å². The first-order chi connectivity index (χ1) is 9.23. The van der Waals surface area contributed by atoms with Gasteiger partial charge in [-0.3, -0.25) is 4.90 Å². The van der Waals surface area contributed by atoms with Crippen LogP contribution in [0.3, 0.4) is 0 Å². The van der Waals surface area contributed by atoms with Gasteiger partial charge in [0.05, 0.1) is 25.9 Å². The Bertz CT molecular complexity index is 552. The SMILES string of the molecule is COc1nc2c(c(C)c1Cl)CN(C(=O)OC(C)(C)C)C2. The van der Waals surface area contributed by atoms with E-state index in [4.69, 9.17) is 21.1 Å². The highest BCUT2D eigenvalue weighted by Crippen LogP contribution is 2.34. The summed E-state index contributed by atoms with van der Waals surface area (Å²) in [5.74, 6) is 0.397. The Kier molecular flexibility index (Phi) is 3.82. The summed E-state index contributed by atoms with van der Waals surface area (Å²) in [7, 11) is 1.53. The number of amides is 1. The third-order valence-electron chi connectivity index (χ3n) is 3.09. The zero-order valence-corrected chi connectivity index (χ0v) is 13.2. The molecule has 2 rings (SSSR count). The van der Waals surface area contributed by atoms with Crippen LogP contribution in [0.2, 0.25) is 5.02 Å². The van der Waals surface area contributed by atoms with Crippen LogP contribution in [0.1, 0.15) is 37.6 Å². The van der Waals surface area contributed by atoms with E-state index >= 15 is 0 Å². The number of fused-ring (bicyclic) bond motifs is 1. The van der Waals surface area contributed by atoms with E-state index in [0.29, 0.717) is 24.0 Å². The van der Waals surface area contributed by atoms with Crippen molar-refractivity contribution in [2.24, 2.45) is 0 Å². The first-order valence-corrected chi connectivity index (χ1v) is 6.80. The van der Waals surface area contributed by atoms with Gasteiger partial charge in [0.1, 0.15) is 10.6 Å². The summed E-state index contributed by atoms with van der Waals surface area (Å²) >= 11 is 6.19. The molecule has 1 amide bonds. The molecule has 0 aromatic carbocycles. The maximum absolute atomic E-state index is 12.1. The van der Waals surface area contributed by atoms with Crippen LogP contribution in [-0.2, 0) is 17.8 Å². The summed E-state index contributed by atoms with van der Waals surface area (Å²) in [5.41, 5.74) is 2.18. The fraction of sp³-hybridized carbons (Fsp3) is 0.571. The van der Waals surface area contributed by atoms with E-state index in [0.717, 1.165) is 16.8 Å². The smallest absolute Gasteiger partial charge is 0.410 e. The zero-order valence-electron chi connectivity index (χ0n) is 12.4. The van der Waals surface area contributed by atoms with Crippen LogP contribution in [0.5, 0.6) is 5.88 Å². The molecular weight excluding hydrogens is 280 g/mol. The predicted molar refractivity (Wildman–Crippen MR) is 76.0 cm³/mol. The maximum Gasteiger partial charge on any atom is 0.410 e. The molecule has 2 heterocycles. The molecule has 0 unspecified atom stereocenters. The number of ether oxygens (including phenoxy) is 2. The second-order valence-corrected chi connectivity index (χ2v) is 6.20. The van der Waals surface area contributed by atoms with Crippen molar-refractivity contribution in [1.29, 1.82) is 0 Å². The summed E-state index contributed by atoms with van der Waals surface area (Å²) < 4.78 is 10.5. The van der Waals surface area contributed by atoms with Gasteiger partial charge in [0.15, 0.2) is 0 Å². The highest BCUT2D eigenvalue weighted by molar-refractivity contribution is 6.32. The molecule has 20 heavy (non-hydrogen) atoms. The van der Waals surface area contributed by atoms with Crippen molar-refractivity contribution in [3.63, 3.8) is 0 Å². The largest absolute Gasteiger partial charge is 0.480 e. The van der Waals surface area contributed by atoms with E-state index in [1.807, 2.05) is 27.7 Å². The Hall–Kier alpha value is -1.49. The molecule has 0 atom stereocenters. The Morgan fingerprint density at radius 1 is 1.35 bits per heavy atom. The van der Waals surface area contributed by atoms with Crippen molar-refractivity contribution in [3.05, 3.63) is 21.8 Å². The van der Waals surface area contributed by atoms with Gasteiger partial charge in [-0.2, -0.15) is 0 Å². The first kappa shape index (κ1) is 14.9. The normalized spacial score (nSPS) is 14.2. The zero-order chi connectivity index (χ0) is 15.1. The van der Waals surface area contributed by atoms with Crippen molar-refractivity contribution in [3.8, 4) is 5.88 Å². The molecule has 1 aliphatic heterocycles. The Balaban J connectivity index is 2.23. The third kappa shape index (κ3) is 2.82. The maximum atomic E-state index is 12.1. The van der Waals surface area contributed by atoms with Crippen LogP contribution in [0.25, 0.3) is 0 Å². The lowest BCUT2D eigenvalue weighted by Crippen LogP contribution is -2.33. The van der Waals surface area contributed by atoms with Crippen LogP contribution >= 0.6 is 11.6 Å². The molecule has 0 N–H and O–H groups in total. The van der Waals surface area contributed by atoms with Gasteiger partial charge < -0.3 is 9.47 Å². The molecule has 0 spiro atoms. The summed E-state index contributed by atoms with van der Waals surface area (Å²) in [6.07, 6.45) is -0.343. The van der Waals surface area contributed by atoms with Crippen LogP contribution < -0.4 is 4.74 Å². The number of rotatable bonds is 1. The molecule has 6 heteroatoms. The van der Waals surface area contributed by atoms with Crippen LogP contribution in [0.4, 0.5) is 4.79 Å². The van der Waals surface area contributed by atoms with Gasteiger partial charge in [-0.15, -0.1) is 0 Å². The van der Waals surface area contributed by atoms with Crippen molar-refractivity contribution in [2.45, 2.75) is 46.4 Å². The van der Waals surface area contributed by atoms with E-state index in [1.165, 1.54) is 7.11 Å². The molecular formula is C14H19ClN2O3. The van der Waals surface area contributed by atoms with E-state index < -0.39 is 5.60 Å². The molecule has 1 aromatic heterocycles. The van der Waals surface area contributed by atoms with Crippen molar-refractivity contribution in [1.82, 2.24) is 9.88 Å². The fourth-order valence-electron chi connectivity index (χ4n) is 2.11. The van der Waals surface area contributed by atoms with E-state index in [9.17, 15) is 4.79 Å². The van der Waals surface area contributed by atoms with Gasteiger partial charge in [0.25, 0.3) is 0 Å². The molecule has 5 nitrogen and oxygen atoms in total. The molecule has 0 bridgehead atoms. The van der Waals surface area contributed by atoms with Crippen LogP contribution in [0, 0.1) is 6.92 Å². The Morgan fingerprint density at radius 3 is 2.55 bits per heavy atom. The minimum atomic E-state index is -0.510. The van der Waals surface area contributed by atoms with E-state index in [-0.39, 0.29) is 6.09 Å². The van der Waals surface area contributed by atoms with E-state index in [2.05, 4.69) is 4.98 Å². The average Bonchev–Trinajstić information content (AvgIpc) is 2.75. The lowest BCUT2D eigenvalue weighted by molar-refractivity contribution is 0.0240. The predicted octanol–water partition coefficient (Wildman–Crippen LogP) is 3.30. The molecule has 0 fully saturated rings. The second kappa shape index (κ2) is 5.13. The lowest BCUT2D eigenvalue weighted by Gasteiger charge is -2.24. The number of halogens is 1. The molecule has 0 radical (unpaired) electrons. The molecule has 0 saturated heterocycles. The van der Waals surface area contributed by atoms with Gasteiger partial charge in [0, 0.05) is 0 Å². The van der Waals surface area contributed by atoms with Crippen molar-refractivity contribution in [2.75, 3.05) is 7.11 Å². The van der Waals surface area contributed by atoms with Crippen molar-refractivity contribution >= 4 is 17.7 Å². The number of carbonyl (C=O) groups is 1. The number of methoxy groups -OCH3 is 1. The fourth-order valence-corrected chi connectivity index (χ4v) is 2.34. The summed E-state index contributed by atoms with van der Waals surface area (Å²) in [5, 5.41) is 0.497. The van der Waals surface area contributed by atoms with Crippen LogP contribution in [-0.4, -0.2) is 28.7 Å². The molecule has 1 aliphatic rings. The highest BCUT2D eigenvalue weighted by atomic mass is 35.5. The standard InChI is InChI=1S/C14H19ClN2O3/c1-8-9-6-17(13(18)20-14(2,3)4)7-10(9)16-12(19-5)11(8)15/h6-7H2,1-5H3. The number of hydrogen-bond donors (Lipinski definition) is 0. The number of pyridine rings is 1. The van der Waals surface area contributed by atoms with Gasteiger partial charge in [-0.05, 0) is 38.8 Å². The number of aromatic nitrogens is 1. The third-order valence-corrected chi connectivity index (χ3v) is 3.53. The second-order valence-electron chi connectivity index (χ2n) is 5.82. The number of nitrogens with zero attached hydrogens (tertiary/aromatic N) is 2. The average molecular weight is 299 g/mol. The minimum Gasteiger partial charge on any atom is -0.480 e. The van der Waals surface area contributed by atoms with E-state index in [1.54, 1.807) is 4.90 Å². The summed E-state index contributed by atoms with van der Waals surface area (Å²) in [6, 6.07) is 0. The molecule has 1 aromatic rings. The van der Waals surface area contributed by atoms with Gasteiger partial charge in [0.2, 0.25) is 5.88 Å². The first-order valence-electron chi connectivity index (χ1n) is 6.42. The highest BCUT2D eigenvalue weighted by Gasteiger charge is 2.31. The number of hydrogen-bond acceptors (Lipinski definition) is 4. The van der Waals surface area contributed by atoms with Gasteiger partial charge in [-0.1, -0.05) is 11.6 Å². The lowest BCUT2D eigenvalue weighted by atomic mass is 10.1. The Labute approximate surface area is 123 Å². The Morgan fingerprint density at radius 2 is 2.00 bits per heavy atom.